The number of piperidine rings is 1. The summed E-state index contributed by atoms with van der Waals surface area (Å²) in [5.74, 6) is 0.136. The van der Waals surface area contributed by atoms with Crippen LogP contribution in [0, 0.1) is 17.2 Å². The first kappa shape index (κ1) is 14.4. The number of hydrogen-bond acceptors (Lipinski definition) is 4. The third kappa shape index (κ3) is 6.02. The highest BCUT2D eigenvalue weighted by molar-refractivity contribution is 4.88. The first-order valence-electron chi connectivity index (χ1n) is 6.64. The summed E-state index contributed by atoms with van der Waals surface area (Å²) in [6.45, 7) is 5.68. The molecule has 1 aliphatic rings. The Morgan fingerprint density at radius 1 is 1.59 bits per heavy atom. The highest BCUT2D eigenvalue weighted by Gasteiger charge is 2.21. The molecule has 1 fully saturated rings. The number of aliphatic hydroxyl groups is 1. The number of ether oxygens (including phenoxy) is 1. The molecule has 0 aromatic carbocycles. The number of nitrogens with zero attached hydrogens (tertiary/aromatic N) is 2. The molecule has 1 aliphatic heterocycles. The van der Waals surface area contributed by atoms with Crippen LogP contribution in [0.3, 0.4) is 0 Å². The summed E-state index contributed by atoms with van der Waals surface area (Å²) >= 11 is 0. The van der Waals surface area contributed by atoms with E-state index >= 15 is 0 Å². The lowest BCUT2D eigenvalue weighted by Gasteiger charge is -2.30. The summed E-state index contributed by atoms with van der Waals surface area (Å²) in [6, 6.07) is 2.31. The summed E-state index contributed by atoms with van der Waals surface area (Å²) in [5, 5.41) is 18.7. The Morgan fingerprint density at radius 3 is 3.12 bits per heavy atom. The topological polar surface area (TPSA) is 56.5 Å². The van der Waals surface area contributed by atoms with Crippen molar-refractivity contribution in [1.29, 1.82) is 5.26 Å². The van der Waals surface area contributed by atoms with Gasteiger partial charge in [0.25, 0.3) is 0 Å². The Bertz CT molecular complexity index is 240. The van der Waals surface area contributed by atoms with Crippen molar-refractivity contribution in [2.45, 2.75) is 38.7 Å². The molecule has 2 unspecified atom stereocenters. The van der Waals surface area contributed by atoms with Gasteiger partial charge >= 0.3 is 0 Å². The van der Waals surface area contributed by atoms with E-state index in [1.165, 1.54) is 0 Å². The predicted octanol–water partition coefficient (Wildman–Crippen LogP) is 1.40. The van der Waals surface area contributed by atoms with Gasteiger partial charge < -0.3 is 9.84 Å². The summed E-state index contributed by atoms with van der Waals surface area (Å²) in [5.41, 5.74) is 0. The fourth-order valence-corrected chi connectivity index (χ4v) is 2.14. The van der Waals surface area contributed by atoms with Crippen LogP contribution in [0.4, 0.5) is 0 Å². The highest BCUT2D eigenvalue weighted by atomic mass is 16.5. The van der Waals surface area contributed by atoms with E-state index in [1.807, 2.05) is 0 Å². The minimum atomic E-state index is -0.427. The van der Waals surface area contributed by atoms with Crippen molar-refractivity contribution in [2.24, 2.45) is 5.92 Å². The second-order valence-corrected chi connectivity index (χ2v) is 4.81. The maximum atomic E-state index is 9.81. The van der Waals surface area contributed by atoms with Crippen LogP contribution in [-0.2, 0) is 4.74 Å². The molecule has 17 heavy (non-hydrogen) atoms. The van der Waals surface area contributed by atoms with Gasteiger partial charge in [0.1, 0.15) is 0 Å². The van der Waals surface area contributed by atoms with Crippen molar-refractivity contribution in [1.82, 2.24) is 4.90 Å². The molecule has 0 bridgehead atoms. The number of unbranched alkanes of at least 4 members (excludes halogenated alkanes) is 1. The first-order valence-corrected chi connectivity index (χ1v) is 6.64. The maximum absolute atomic E-state index is 9.81. The SMILES string of the molecule is CCCCOCC(O)CN1CCCC(C#N)C1. The van der Waals surface area contributed by atoms with Crippen LogP contribution in [0.2, 0.25) is 0 Å². The summed E-state index contributed by atoms with van der Waals surface area (Å²) in [7, 11) is 0. The zero-order valence-electron chi connectivity index (χ0n) is 10.8. The van der Waals surface area contributed by atoms with Gasteiger partial charge in [-0.05, 0) is 25.8 Å². The Kier molecular flexibility index (Phi) is 7.18. The molecule has 1 heterocycles. The van der Waals surface area contributed by atoms with Crippen molar-refractivity contribution in [3.8, 4) is 6.07 Å². The normalized spacial score (nSPS) is 23.2. The van der Waals surface area contributed by atoms with E-state index in [1.54, 1.807) is 0 Å². The van der Waals surface area contributed by atoms with Gasteiger partial charge in [0.05, 0.1) is 24.7 Å². The van der Waals surface area contributed by atoms with Gasteiger partial charge in [-0.25, -0.2) is 0 Å². The lowest BCUT2D eigenvalue weighted by Crippen LogP contribution is -2.41. The van der Waals surface area contributed by atoms with Crippen LogP contribution in [0.5, 0.6) is 0 Å². The maximum Gasteiger partial charge on any atom is 0.0900 e. The highest BCUT2D eigenvalue weighted by Crippen LogP contribution is 2.15. The second-order valence-electron chi connectivity index (χ2n) is 4.81. The molecule has 2 atom stereocenters. The zero-order chi connectivity index (χ0) is 12.5. The Hall–Kier alpha value is -0.630. The average Bonchev–Trinajstić information content (AvgIpc) is 2.35. The van der Waals surface area contributed by atoms with E-state index in [0.717, 1.165) is 45.4 Å². The van der Waals surface area contributed by atoms with Crippen LogP contribution in [0.25, 0.3) is 0 Å². The molecule has 0 radical (unpaired) electrons. The van der Waals surface area contributed by atoms with Crippen molar-refractivity contribution in [2.75, 3.05) is 32.8 Å². The Balaban J connectivity index is 2.12. The van der Waals surface area contributed by atoms with E-state index < -0.39 is 6.10 Å². The predicted molar refractivity (Wildman–Crippen MR) is 66.5 cm³/mol. The molecule has 0 amide bonds. The number of likely N-dealkylation sites (tertiary alicyclic amines) is 1. The Labute approximate surface area is 104 Å². The quantitative estimate of drug-likeness (QED) is 0.683. The molecule has 1 rings (SSSR count). The molecular formula is C13H24N2O2. The number of β-amino-alcohol motifs (C(OH)–C–C–N with tert-alkyl or cyclic N) is 1. The van der Waals surface area contributed by atoms with Crippen molar-refractivity contribution >= 4 is 0 Å². The van der Waals surface area contributed by atoms with E-state index in [4.69, 9.17) is 10.00 Å². The van der Waals surface area contributed by atoms with Crippen LogP contribution >= 0.6 is 0 Å². The molecule has 0 aromatic rings. The van der Waals surface area contributed by atoms with Crippen LogP contribution in [0.1, 0.15) is 32.6 Å². The third-order valence-corrected chi connectivity index (χ3v) is 3.11. The fourth-order valence-electron chi connectivity index (χ4n) is 2.14. The van der Waals surface area contributed by atoms with Crippen molar-refractivity contribution < 1.29 is 9.84 Å². The molecule has 0 aliphatic carbocycles. The van der Waals surface area contributed by atoms with Crippen LogP contribution in [-0.4, -0.2) is 49.0 Å². The van der Waals surface area contributed by atoms with Crippen LogP contribution < -0.4 is 0 Å². The van der Waals surface area contributed by atoms with Crippen molar-refractivity contribution in [3.63, 3.8) is 0 Å². The number of hydrogen-bond donors (Lipinski definition) is 1. The largest absolute Gasteiger partial charge is 0.389 e. The Morgan fingerprint density at radius 2 is 2.41 bits per heavy atom. The molecule has 1 N–H and O–H groups in total. The lowest BCUT2D eigenvalue weighted by atomic mass is 9.99. The summed E-state index contributed by atoms with van der Waals surface area (Å²) < 4.78 is 5.39. The molecule has 0 aromatic heterocycles. The average molecular weight is 240 g/mol. The van der Waals surface area contributed by atoms with Gasteiger partial charge in [-0.1, -0.05) is 13.3 Å². The van der Waals surface area contributed by atoms with Gasteiger partial charge in [0, 0.05) is 19.7 Å². The van der Waals surface area contributed by atoms with E-state index in [9.17, 15) is 5.11 Å². The van der Waals surface area contributed by atoms with Gasteiger partial charge in [-0.3, -0.25) is 4.90 Å². The van der Waals surface area contributed by atoms with Gasteiger partial charge in [0.15, 0.2) is 0 Å². The molecule has 0 spiro atoms. The summed E-state index contributed by atoms with van der Waals surface area (Å²) in [6.07, 6.45) is 3.79. The third-order valence-electron chi connectivity index (χ3n) is 3.11. The summed E-state index contributed by atoms with van der Waals surface area (Å²) in [4.78, 5) is 2.17. The van der Waals surface area contributed by atoms with Crippen LogP contribution in [0.15, 0.2) is 0 Å². The van der Waals surface area contributed by atoms with Gasteiger partial charge in [-0.2, -0.15) is 5.26 Å². The van der Waals surface area contributed by atoms with Gasteiger partial charge in [-0.15, -0.1) is 0 Å². The number of aliphatic hydroxyl groups excluding tert-OH is 1. The zero-order valence-corrected chi connectivity index (χ0v) is 10.8. The molecule has 0 saturated carbocycles. The molecule has 1 saturated heterocycles. The number of rotatable bonds is 7. The van der Waals surface area contributed by atoms with Gasteiger partial charge in [0.2, 0.25) is 0 Å². The number of nitriles is 1. The van der Waals surface area contributed by atoms with Crippen molar-refractivity contribution in [3.05, 3.63) is 0 Å². The second kappa shape index (κ2) is 8.46. The standard InChI is InChI=1S/C13H24N2O2/c1-2-3-7-17-11-13(16)10-15-6-4-5-12(8-14)9-15/h12-13,16H,2-7,9-11H2,1H3. The van der Waals surface area contributed by atoms with E-state index in [-0.39, 0.29) is 5.92 Å². The van der Waals surface area contributed by atoms with E-state index in [2.05, 4.69) is 17.9 Å². The fraction of sp³-hybridized carbons (Fsp3) is 0.923. The smallest absolute Gasteiger partial charge is 0.0900 e. The first-order chi connectivity index (χ1) is 8.26. The molecule has 4 nitrogen and oxygen atoms in total. The van der Waals surface area contributed by atoms with E-state index in [0.29, 0.717) is 13.2 Å². The lowest BCUT2D eigenvalue weighted by molar-refractivity contribution is 0.0105. The minimum Gasteiger partial charge on any atom is -0.389 e. The minimum absolute atomic E-state index is 0.136. The molecular weight excluding hydrogens is 216 g/mol. The molecule has 4 heteroatoms. The molecule has 98 valence electrons. The monoisotopic (exact) mass is 240 g/mol.